The first kappa shape index (κ1) is 13.9. The fraction of sp³-hybridized carbons (Fsp3) is 0.538. The molecule has 0 spiro atoms. The molecule has 0 saturated carbocycles. The van der Waals surface area contributed by atoms with Crippen molar-refractivity contribution >= 4 is 5.97 Å². The topological polar surface area (TPSA) is 91.7 Å². The second-order valence-corrected chi connectivity index (χ2v) is 4.81. The van der Waals surface area contributed by atoms with Crippen LogP contribution in [0, 0.1) is 0 Å². The van der Waals surface area contributed by atoms with Gasteiger partial charge in [0.2, 0.25) is 0 Å². The lowest BCUT2D eigenvalue weighted by molar-refractivity contribution is -0.0263. The van der Waals surface area contributed by atoms with Crippen molar-refractivity contribution in [2.75, 3.05) is 13.2 Å². The van der Waals surface area contributed by atoms with Gasteiger partial charge in [-0.3, -0.25) is 4.98 Å². The van der Waals surface area contributed by atoms with Crippen molar-refractivity contribution in [1.82, 2.24) is 10.3 Å². The molecular weight excluding hydrogens is 248 g/mol. The Morgan fingerprint density at radius 3 is 2.95 bits per heavy atom. The molecule has 0 aliphatic carbocycles. The van der Waals surface area contributed by atoms with Crippen LogP contribution >= 0.6 is 0 Å². The molecular formula is C13H18N2O4. The number of carboxylic acids is 1. The maximum absolute atomic E-state index is 10.7. The maximum Gasteiger partial charge on any atom is 0.337 e. The number of aromatic nitrogens is 1. The van der Waals surface area contributed by atoms with Crippen LogP contribution < -0.4 is 5.32 Å². The third-order valence-electron chi connectivity index (χ3n) is 3.47. The van der Waals surface area contributed by atoms with E-state index in [9.17, 15) is 9.90 Å². The maximum atomic E-state index is 10.7. The number of nitrogens with one attached hydrogen (secondary N) is 1. The predicted octanol–water partition coefficient (Wildman–Crippen LogP) is 0.409. The molecule has 6 heteroatoms. The zero-order valence-corrected chi connectivity index (χ0v) is 10.8. The fourth-order valence-electron chi connectivity index (χ4n) is 2.07. The van der Waals surface area contributed by atoms with Crippen molar-refractivity contribution < 1.29 is 19.7 Å². The van der Waals surface area contributed by atoms with Gasteiger partial charge in [-0.15, -0.1) is 0 Å². The van der Waals surface area contributed by atoms with Gasteiger partial charge in [0.05, 0.1) is 17.4 Å². The van der Waals surface area contributed by atoms with Crippen LogP contribution in [0.3, 0.4) is 0 Å². The van der Waals surface area contributed by atoms with E-state index in [4.69, 9.17) is 9.84 Å². The van der Waals surface area contributed by atoms with E-state index in [0.29, 0.717) is 26.1 Å². The first-order chi connectivity index (χ1) is 9.01. The molecule has 2 rings (SSSR count). The number of carbonyl (C=O) groups is 1. The zero-order valence-electron chi connectivity index (χ0n) is 10.8. The summed E-state index contributed by atoms with van der Waals surface area (Å²) in [5.41, 5.74) is 0.0708. The van der Waals surface area contributed by atoms with Gasteiger partial charge >= 0.3 is 5.97 Å². The van der Waals surface area contributed by atoms with Crippen LogP contribution in [0.25, 0.3) is 0 Å². The third kappa shape index (κ3) is 3.28. The van der Waals surface area contributed by atoms with Crippen LogP contribution in [0.2, 0.25) is 0 Å². The summed E-state index contributed by atoms with van der Waals surface area (Å²) in [6.07, 6.45) is 1.77. The van der Waals surface area contributed by atoms with Crippen LogP contribution in [0.4, 0.5) is 0 Å². The summed E-state index contributed by atoms with van der Waals surface area (Å²) < 4.78 is 5.34. The summed E-state index contributed by atoms with van der Waals surface area (Å²) in [5.74, 6) is -0.988. The van der Waals surface area contributed by atoms with E-state index in [-0.39, 0.29) is 11.7 Å². The van der Waals surface area contributed by atoms with E-state index in [0.717, 1.165) is 5.69 Å². The van der Waals surface area contributed by atoms with Crippen LogP contribution in [-0.4, -0.2) is 46.0 Å². The quantitative estimate of drug-likeness (QED) is 0.715. The van der Waals surface area contributed by atoms with Crippen molar-refractivity contribution in [3.8, 4) is 0 Å². The summed E-state index contributed by atoms with van der Waals surface area (Å²) in [4.78, 5) is 14.7. The largest absolute Gasteiger partial charge is 0.478 e. The lowest BCUT2D eigenvalue weighted by atomic mass is 9.97. The smallest absolute Gasteiger partial charge is 0.337 e. The molecule has 1 saturated heterocycles. The van der Waals surface area contributed by atoms with Crippen LogP contribution in [-0.2, 0) is 11.3 Å². The highest BCUT2D eigenvalue weighted by atomic mass is 16.5. The van der Waals surface area contributed by atoms with E-state index in [2.05, 4.69) is 10.3 Å². The average Bonchev–Trinajstić information content (AvgIpc) is 2.70. The molecule has 2 heterocycles. The Kier molecular flexibility index (Phi) is 4.14. The van der Waals surface area contributed by atoms with E-state index in [1.165, 1.54) is 12.3 Å². The number of carboxylic acid groups (broad SMARTS) is 1. The minimum absolute atomic E-state index is 0.167. The van der Waals surface area contributed by atoms with Gasteiger partial charge < -0.3 is 20.3 Å². The van der Waals surface area contributed by atoms with Crippen LogP contribution in [0.1, 0.15) is 29.4 Å². The Labute approximate surface area is 111 Å². The van der Waals surface area contributed by atoms with Crippen molar-refractivity contribution in [3.63, 3.8) is 0 Å². The van der Waals surface area contributed by atoms with Crippen molar-refractivity contribution in [3.05, 3.63) is 29.6 Å². The van der Waals surface area contributed by atoms with Gasteiger partial charge in [0.25, 0.3) is 0 Å². The minimum atomic E-state index is -0.988. The highest BCUT2D eigenvalue weighted by Crippen LogP contribution is 2.24. The molecule has 0 radical (unpaired) electrons. The molecule has 0 aromatic carbocycles. The third-order valence-corrected chi connectivity index (χ3v) is 3.47. The molecule has 2 atom stereocenters. The fourth-order valence-corrected chi connectivity index (χ4v) is 2.07. The summed E-state index contributed by atoms with van der Waals surface area (Å²) in [5, 5.41) is 22.1. The molecule has 0 amide bonds. The van der Waals surface area contributed by atoms with Crippen molar-refractivity contribution in [2.45, 2.75) is 31.6 Å². The van der Waals surface area contributed by atoms with E-state index >= 15 is 0 Å². The number of ether oxygens (including phenoxy) is 1. The average molecular weight is 266 g/mol. The number of hydrogen-bond donors (Lipinski definition) is 3. The standard InChI is InChI=1S/C13H18N2O4/c1-9-13(18,4-5-19-9)8-14-7-11-3-2-10(6-15-11)12(16)17/h2-3,6,9,14,18H,4-5,7-8H2,1H3,(H,16,17). The monoisotopic (exact) mass is 266 g/mol. The summed E-state index contributed by atoms with van der Waals surface area (Å²) >= 11 is 0. The Bertz CT molecular complexity index is 448. The first-order valence-electron chi connectivity index (χ1n) is 6.24. The normalized spacial score (nSPS) is 26.5. The molecule has 6 nitrogen and oxygen atoms in total. The van der Waals surface area contributed by atoms with Gasteiger partial charge in [-0.2, -0.15) is 0 Å². The van der Waals surface area contributed by atoms with E-state index in [1.807, 2.05) is 6.92 Å². The van der Waals surface area contributed by atoms with Gasteiger partial charge in [0.15, 0.2) is 0 Å². The van der Waals surface area contributed by atoms with Crippen molar-refractivity contribution in [2.24, 2.45) is 0 Å². The lowest BCUT2D eigenvalue weighted by Gasteiger charge is -2.26. The number of hydrogen-bond acceptors (Lipinski definition) is 5. The zero-order chi connectivity index (χ0) is 13.9. The van der Waals surface area contributed by atoms with Gasteiger partial charge in [0.1, 0.15) is 5.60 Å². The molecule has 1 aliphatic rings. The SMILES string of the molecule is CC1OCCC1(O)CNCc1ccc(C(=O)O)cn1. The number of aromatic carboxylic acids is 1. The highest BCUT2D eigenvalue weighted by molar-refractivity contribution is 5.87. The number of nitrogens with zero attached hydrogens (tertiary/aromatic N) is 1. The molecule has 0 bridgehead atoms. The summed E-state index contributed by atoms with van der Waals surface area (Å²) in [6, 6.07) is 3.18. The van der Waals surface area contributed by atoms with Gasteiger partial charge in [0, 0.05) is 32.3 Å². The minimum Gasteiger partial charge on any atom is -0.478 e. The Morgan fingerprint density at radius 1 is 1.63 bits per heavy atom. The van der Waals surface area contributed by atoms with Crippen LogP contribution in [0.15, 0.2) is 18.3 Å². The van der Waals surface area contributed by atoms with Crippen molar-refractivity contribution in [1.29, 1.82) is 0 Å². The predicted molar refractivity (Wildman–Crippen MR) is 67.9 cm³/mol. The van der Waals surface area contributed by atoms with Crippen LogP contribution in [0.5, 0.6) is 0 Å². The van der Waals surface area contributed by atoms with E-state index in [1.54, 1.807) is 6.07 Å². The molecule has 104 valence electrons. The lowest BCUT2D eigenvalue weighted by Crippen LogP contribution is -2.45. The van der Waals surface area contributed by atoms with Gasteiger partial charge in [-0.25, -0.2) is 4.79 Å². The highest BCUT2D eigenvalue weighted by Gasteiger charge is 2.38. The number of rotatable bonds is 5. The van der Waals surface area contributed by atoms with Gasteiger partial charge in [-0.05, 0) is 19.1 Å². The number of pyridine rings is 1. The Hall–Kier alpha value is -1.50. The second kappa shape index (κ2) is 5.64. The molecule has 19 heavy (non-hydrogen) atoms. The summed E-state index contributed by atoms with van der Waals surface area (Å²) in [7, 11) is 0. The number of aliphatic hydroxyl groups is 1. The molecule has 1 aromatic rings. The molecule has 1 aliphatic heterocycles. The molecule has 2 unspecified atom stereocenters. The van der Waals surface area contributed by atoms with E-state index < -0.39 is 11.6 Å². The molecule has 1 aromatic heterocycles. The molecule has 1 fully saturated rings. The Morgan fingerprint density at radius 2 is 2.42 bits per heavy atom. The van der Waals surface area contributed by atoms with Gasteiger partial charge in [-0.1, -0.05) is 0 Å². The summed E-state index contributed by atoms with van der Waals surface area (Å²) in [6.45, 7) is 3.34. The Balaban J connectivity index is 1.84. The molecule has 3 N–H and O–H groups in total. The second-order valence-electron chi connectivity index (χ2n) is 4.81. The first-order valence-corrected chi connectivity index (χ1v) is 6.24.